The predicted octanol–water partition coefficient (Wildman–Crippen LogP) is 4.31. The van der Waals surface area contributed by atoms with Gasteiger partial charge in [-0.2, -0.15) is 0 Å². The molecule has 1 saturated heterocycles. The van der Waals surface area contributed by atoms with Crippen LogP contribution in [-0.2, 0) is 32.7 Å². The Balaban J connectivity index is 1.54. The first kappa shape index (κ1) is 17.7. The summed E-state index contributed by atoms with van der Waals surface area (Å²) < 4.78 is 28.3. The summed E-state index contributed by atoms with van der Waals surface area (Å²) in [5.41, 5.74) is 6.47. The molecule has 0 saturated carbocycles. The van der Waals surface area contributed by atoms with Crippen molar-refractivity contribution in [3.05, 3.63) is 58.7 Å². The van der Waals surface area contributed by atoms with Gasteiger partial charge in [0.1, 0.15) is 13.3 Å². The zero-order valence-electron chi connectivity index (χ0n) is 15.9. The Labute approximate surface area is 163 Å². The van der Waals surface area contributed by atoms with Crippen molar-refractivity contribution in [3.63, 3.8) is 0 Å². The number of fused-ring (bicyclic) bond motifs is 5. The molecule has 1 fully saturated rings. The normalized spacial score (nSPS) is 19.1. The number of aromatic nitrogens is 3. The molecule has 146 valence electrons. The van der Waals surface area contributed by atoms with E-state index in [0.29, 0.717) is 11.6 Å². The Hall–Kier alpha value is -2.34. The van der Waals surface area contributed by atoms with Gasteiger partial charge in [0.2, 0.25) is 0 Å². The van der Waals surface area contributed by atoms with Crippen LogP contribution in [0.2, 0.25) is 0 Å². The second-order valence-corrected chi connectivity index (χ2v) is 7.81. The van der Waals surface area contributed by atoms with Gasteiger partial charge in [-0.15, -0.1) is 0 Å². The van der Waals surface area contributed by atoms with Crippen molar-refractivity contribution in [3.8, 4) is 0 Å². The standard InChI is InChI=1S/C22H24F2N4/c23-12-16-5-3-15(4-6-16)7-11-28-18-8-10-27-9-1-2-17(27)21(18)22-19(28)14-25-20(13-24)26-22/h3-6,14,17H,1-2,7-13H2. The van der Waals surface area contributed by atoms with Gasteiger partial charge in [-0.25, -0.2) is 18.7 Å². The zero-order valence-corrected chi connectivity index (χ0v) is 15.9. The molecule has 5 rings (SSSR count). The van der Waals surface area contributed by atoms with E-state index in [1.54, 1.807) is 6.20 Å². The number of benzene rings is 1. The third-order valence-electron chi connectivity index (χ3n) is 6.26. The third-order valence-corrected chi connectivity index (χ3v) is 6.26. The van der Waals surface area contributed by atoms with Crippen molar-refractivity contribution in [2.24, 2.45) is 0 Å². The molecule has 0 N–H and O–H groups in total. The largest absolute Gasteiger partial charge is 0.341 e. The molecule has 28 heavy (non-hydrogen) atoms. The summed E-state index contributed by atoms with van der Waals surface area (Å²) in [6.45, 7) is 1.97. The Morgan fingerprint density at radius 2 is 1.86 bits per heavy atom. The van der Waals surface area contributed by atoms with Crippen LogP contribution in [0.5, 0.6) is 0 Å². The summed E-state index contributed by atoms with van der Waals surface area (Å²) in [6, 6.07) is 8.11. The molecule has 4 heterocycles. The van der Waals surface area contributed by atoms with Crippen LogP contribution in [0.1, 0.15) is 47.1 Å². The second kappa shape index (κ2) is 7.24. The van der Waals surface area contributed by atoms with Gasteiger partial charge in [0.05, 0.1) is 17.2 Å². The minimum atomic E-state index is -0.634. The number of hydrogen-bond donors (Lipinski definition) is 0. The number of nitrogens with zero attached hydrogens (tertiary/aromatic N) is 4. The molecule has 2 aliphatic heterocycles. The first-order chi connectivity index (χ1) is 13.8. The Bertz CT molecular complexity index is 996. The molecule has 0 spiro atoms. The van der Waals surface area contributed by atoms with Crippen LogP contribution >= 0.6 is 0 Å². The van der Waals surface area contributed by atoms with E-state index in [0.717, 1.165) is 49.9 Å². The summed E-state index contributed by atoms with van der Waals surface area (Å²) in [6.07, 6.45) is 6.00. The molecular weight excluding hydrogens is 358 g/mol. The highest BCUT2D eigenvalue weighted by molar-refractivity contribution is 5.82. The molecule has 1 aromatic carbocycles. The summed E-state index contributed by atoms with van der Waals surface area (Å²) in [7, 11) is 0. The molecule has 4 nitrogen and oxygen atoms in total. The fourth-order valence-electron chi connectivity index (χ4n) is 4.88. The first-order valence-corrected chi connectivity index (χ1v) is 10.1. The van der Waals surface area contributed by atoms with Crippen molar-refractivity contribution in [2.75, 3.05) is 13.1 Å². The Morgan fingerprint density at radius 3 is 2.64 bits per heavy atom. The van der Waals surface area contributed by atoms with Crippen LogP contribution in [0.15, 0.2) is 30.5 Å². The lowest BCUT2D eigenvalue weighted by atomic mass is 9.98. The van der Waals surface area contributed by atoms with Crippen LogP contribution in [0.4, 0.5) is 8.78 Å². The van der Waals surface area contributed by atoms with Crippen molar-refractivity contribution in [1.29, 1.82) is 0 Å². The van der Waals surface area contributed by atoms with Gasteiger partial charge in [0.25, 0.3) is 0 Å². The van der Waals surface area contributed by atoms with E-state index < -0.39 is 13.3 Å². The van der Waals surface area contributed by atoms with Gasteiger partial charge in [0.15, 0.2) is 5.82 Å². The van der Waals surface area contributed by atoms with Gasteiger partial charge < -0.3 is 4.57 Å². The minimum Gasteiger partial charge on any atom is -0.341 e. The lowest BCUT2D eigenvalue weighted by Crippen LogP contribution is -2.31. The van der Waals surface area contributed by atoms with Crippen LogP contribution < -0.4 is 0 Å². The van der Waals surface area contributed by atoms with Gasteiger partial charge in [-0.05, 0) is 36.9 Å². The van der Waals surface area contributed by atoms with E-state index in [4.69, 9.17) is 0 Å². The number of rotatable bonds is 5. The van der Waals surface area contributed by atoms with Crippen LogP contribution in [0.25, 0.3) is 11.0 Å². The summed E-state index contributed by atoms with van der Waals surface area (Å²) in [5, 5.41) is 0. The fourth-order valence-corrected chi connectivity index (χ4v) is 4.88. The molecule has 1 unspecified atom stereocenters. The van der Waals surface area contributed by atoms with Crippen LogP contribution in [0, 0.1) is 0 Å². The molecule has 0 aliphatic carbocycles. The van der Waals surface area contributed by atoms with Crippen molar-refractivity contribution in [2.45, 2.75) is 51.6 Å². The van der Waals surface area contributed by atoms with Crippen LogP contribution in [-0.4, -0.2) is 32.5 Å². The maximum Gasteiger partial charge on any atom is 0.160 e. The maximum atomic E-state index is 13.2. The molecule has 2 aromatic heterocycles. The predicted molar refractivity (Wildman–Crippen MR) is 105 cm³/mol. The fraction of sp³-hybridized carbons (Fsp3) is 0.455. The molecular formula is C22H24F2N4. The van der Waals surface area contributed by atoms with E-state index in [-0.39, 0.29) is 5.82 Å². The van der Waals surface area contributed by atoms with Crippen molar-refractivity contribution < 1.29 is 8.78 Å². The summed E-state index contributed by atoms with van der Waals surface area (Å²) >= 11 is 0. The first-order valence-electron chi connectivity index (χ1n) is 10.1. The highest BCUT2D eigenvalue weighted by Crippen LogP contribution is 2.42. The van der Waals surface area contributed by atoms with Gasteiger partial charge in [-0.1, -0.05) is 24.3 Å². The number of hydrogen-bond acceptors (Lipinski definition) is 3. The smallest absolute Gasteiger partial charge is 0.160 e. The maximum absolute atomic E-state index is 13.2. The van der Waals surface area contributed by atoms with Crippen LogP contribution in [0.3, 0.4) is 0 Å². The minimum absolute atomic E-state index is 0.268. The lowest BCUT2D eigenvalue weighted by molar-refractivity contribution is 0.241. The van der Waals surface area contributed by atoms with E-state index in [2.05, 4.69) is 19.4 Å². The molecule has 0 amide bonds. The number of halogens is 2. The summed E-state index contributed by atoms with van der Waals surface area (Å²) in [4.78, 5) is 11.4. The lowest BCUT2D eigenvalue weighted by Gasteiger charge is -2.30. The molecule has 1 atom stereocenters. The van der Waals surface area contributed by atoms with Gasteiger partial charge in [-0.3, -0.25) is 4.90 Å². The van der Waals surface area contributed by atoms with E-state index >= 15 is 0 Å². The van der Waals surface area contributed by atoms with E-state index in [1.807, 2.05) is 24.3 Å². The third kappa shape index (κ3) is 2.91. The van der Waals surface area contributed by atoms with Crippen molar-refractivity contribution >= 4 is 11.0 Å². The van der Waals surface area contributed by atoms with Gasteiger partial charge in [0, 0.05) is 36.8 Å². The molecule has 0 bridgehead atoms. The zero-order chi connectivity index (χ0) is 19.1. The quantitative estimate of drug-likeness (QED) is 0.660. The average molecular weight is 382 g/mol. The monoisotopic (exact) mass is 382 g/mol. The average Bonchev–Trinajstić information content (AvgIpc) is 3.34. The Morgan fingerprint density at radius 1 is 1.04 bits per heavy atom. The van der Waals surface area contributed by atoms with E-state index in [9.17, 15) is 8.78 Å². The number of alkyl halides is 2. The van der Waals surface area contributed by atoms with Crippen molar-refractivity contribution in [1.82, 2.24) is 19.4 Å². The molecule has 6 heteroatoms. The second-order valence-electron chi connectivity index (χ2n) is 7.81. The topological polar surface area (TPSA) is 34.0 Å². The Kier molecular flexibility index (Phi) is 4.59. The van der Waals surface area contributed by atoms with Gasteiger partial charge >= 0.3 is 0 Å². The summed E-state index contributed by atoms with van der Waals surface area (Å²) in [5.74, 6) is 0.268. The highest BCUT2D eigenvalue weighted by Gasteiger charge is 2.36. The number of aryl methyl sites for hydroxylation is 2. The van der Waals surface area contributed by atoms with E-state index in [1.165, 1.54) is 23.2 Å². The molecule has 2 aliphatic rings. The highest BCUT2D eigenvalue weighted by atomic mass is 19.1. The molecule has 0 radical (unpaired) electrons. The SMILES string of the molecule is FCc1ccc(CCn2c3c(c4nc(CF)ncc42)C2CCCN2CC3)cc1. The molecule has 3 aromatic rings.